The molecule has 0 spiro atoms. The molecular weight excluding hydrogens is 330 g/mol. The molecule has 0 fully saturated rings. The summed E-state index contributed by atoms with van der Waals surface area (Å²) in [4.78, 5) is 23.6. The number of aryl methyl sites for hydroxylation is 2. The maximum atomic E-state index is 12.1. The molecule has 0 saturated heterocycles. The first-order valence-corrected chi connectivity index (χ1v) is 7.60. The number of amides is 2. The van der Waals surface area contributed by atoms with Gasteiger partial charge in [-0.25, -0.2) is 0 Å². The van der Waals surface area contributed by atoms with E-state index in [1.807, 2.05) is 0 Å². The fraction of sp³-hybridized carbons (Fsp3) is 0.222. The zero-order chi connectivity index (χ0) is 18.4. The van der Waals surface area contributed by atoms with Crippen molar-refractivity contribution in [2.45, 2.75) is 26.4 Å². The molecule has 7 heteroatoms. The highest BCUT2D eigenvalue weighted by Crippen LogP contribution is 2.20. The third-order valence-electron chi connectivity index (χ3n) is 3.58. The maximum Gasteiger partial charge on any atom is 0.387 e. The van der Waals surface area contributed by atoms with Crippen LogP contribution in [0.25, 0.3) is 0 Å². The molecule has 0 bridgehead atoms. The number of nitrogens with one attached hydrogen (secondary N) is 1. The molecule has 0 aliphatic rings. The molecule has 0 atom stereocenters. The van der Waals surface area contributed by atoms with E-state index in [0.717, 1.165) is 5.56 Å². The van der Waals surface area contributed by atoms with Gasteiger partial charge < -0.3 is 15.8 Å². The van der Waals surface area contributed by atoms with Crippen LogP contribution < -0.4 is 15.8 Å². The number of carbonyl (C=O) groups is 2. The minimum absolute atomic E-state index is 0.0639. The summed E-state index contributed by atoms with van der Waals surface area (Å²) < 4.78 is 28.4. The Labute approximate surface area is 143 Å². The molecule has 2 aromatic rings. The molecule has 132 valence electrons. The Kier molecular flexibility index (Phi) is 6.05. The summed E-state index contributed by atoms with van der Waals surface area (Å²) in [5.74, 6) is -0.821. The molecule has 5 nitrogen and oxygen atoms in total. The molecule has 2 amide bonds. The molecule has 0 heterocycles. The summed E-state index contributed by atoms with van der Waals surface area (Å²) in [7, 11) is 0. The van der Waals surface area contributed by atoms with Crippen LogP contribution in [0.2, 0.25) is 0 Å². The summed E-state index contributed by atoms with van der Waals surface area (Å²) in [5, 5.41) is 2.68. The minimum atomic E-state index is -2.87. The van der Waals surface area contributed by atoms with Crippen LogP contribution in [-0.2, 0) is 11.2 Å². The number of nitrogens with two attached hydrogens (primary N) is 1. The zero-order valence-corrected chi connectivity index (χ0v) is 13.6. The van der Waals surface area contributed by atoms with E-state index in [9.17, 15) is 18.4 Å². The van der Waals surface area contributed by atoms with Crippen LogP contribution in [-0.4, -0.2) is 18.4 Å². The first-order valence-electron chi connectivity index (χ1n) is 7.60. The molecule has 0 unspecified atom stereocenters. The number of rotatable bonds is 7. The number of hydrogen-bond donors (Lipinski definition) is 2. The van der Waals surface area contributed by atoms with Crippen molar-refractivity contribution < 1.29 is 23.1 Å². The number of halogens is 2. The Morgan fingerprint density at radius 1 is 1.16 bits per heavy atom. The molecule has 2 aromatic carbocycles. The summed E-state index contributed by atoms with van der Waals surface area (Å²) >= 11 is 0. The number of anilines is 1. The third-order valence-corrected chi connectivity index (χ3v) is 3.58. The van der Waals surface area contributed by atoms with Gasteiger partial charge in [-0.2, -0.15) is 8.78 Å². The predicted octanol–water partition coefficient (Wildman–Crippen LogP) is 3.27. The molecule has 0 radical (unpaired) electrons. The van der Waals surface area contributed by atoms with Gasteiger partial charge in [0, 0.05) is 6.42 Å². The average molecular weight is 348 g/mol. The lowest BCUT2D eigenvalue weighted by molar-refractivity contribution is -0.116. The smallest absolute Gasteiger partial charge is 0.387 e. The second-order valence-electron chi connectivity index (χ2n) is 5.43. The van der Waals surface area contributed by atoms with Gasteiger partial charge in [0.1, 0.15) is 5.75 Å². The lowest BCUT2D eigenvalue weighted by atomic mass is 10.1. The summed E-state index contributed by atoms with van der Waals surface area (Å²) in [5.41, 5.74) is 7.49. The topological polar surface area (TPSA) is 81.4 Å². The monoisotopic (exact) mass is 348 g/mol. The predicted molar refractivity (Wildman–Crippen MR) is 89.7 cm³/mol. The van der Waals surface area contributed by atoms with Crippen molar-refractivity contribution in [3.05, 3.63) is 59.2 Å². The second-order valence-corrected chi connectivity index (χ2v) is 5.43. The largest absolute Gasteiger partial charge is 0.435 e. The van der Waals surface area contributed by atoms with Crippen molar-refractivity contribution in [1.29, 1.82) is 0 Å². The van der Waals surface area contributed by atoms with Crippen LogP contribution in [0.15, 0.2) is 42.5 Å². The molecule has 25 heavy (non-hydrogen) atoms. The van der Waals surface area contributed by atoms with Crippen molar-refractivity contribution in [1.82, 2.24) is 0 Å². The molecule has 0 saturated carbocycles. The highest BCUT2D eigenvalue weighted by Gasteiger charge is 2.13. The minimum Gasteiger partial charge on any atom is -0.435 e. The molecule has 0 aliphatic heterocycles. The quantitative estimate of drug-likeness (QED) is 0.806. The first-order chi connectivity index (χ1) is 11.9. The van der Waals surface area contributed by atoms with E-state index in [0.29, 0.717) is 17.7 Å². The first kappa shape index (κ1) is 18.4. The lowest BCUT2D eigenvalue weighted by Gasteiger charge is -2.11. The van der Waals surface area contributed by atoms with Gasteiger partial charge in [0.15, 0.2) is 0 Å². The molecule has 0 aromatic heterocycles. The second kappa shape index (κ2) is 8.23. The number of carbonyl (C=O) groups excluding carboxylic acids is 2. The number of alkyl halides is 2. The van der Waals surface area contributed by atoms with Crippen LogP contribution in [0.4, 0.5) is 14.5 Å². The van der Waals surface area contributed by atoms with Crippen LogP contribution in [0.3, 0.4) is 0 Å². The highest BCUT2D eigenvalue weighted by molar-refractivity contribution is 6.04. The normalized spacial score (nSPS) is 10.6. The van der Waals surface area contributed by atoms with Crippen LogP contribution in [0.5, 0.6) is 5.75 Å². The standard InChI is InChI=1S/C18H18F2N2O3/c1-11-3-2-4-14(16(11)17(21)24)22-15(23)10-7-12-5-8-13(9-6-12)25-18(19)20/h2-6,8-9,18H,7,10H2,1H3,(H2,21,24)(H,22,23). The Bertz CT molecular complexity index is 761. The van der Waals surface area contributed by atoms with Crippen molar-refractivity contribution in [3.8, 4) is 5.75 Å². The van der Waals surface area contributed by atoms with Crippen molar-refractivity contribution in [2.75, 3.05) is 5.32 Å². The van der Waals surface area contributed by atoms with E-state index in [2.05, 4.69) is 10.1 Å². The van der Waals surface area contributed by atoms with E-state index in [1.54, 1.807) is 37.3 Å². The zero-order valence-electron chi connectivity index (χ0n) is 13.6. The van der Waals surface area contributed by atoms with Gasteiger partial charge in [0.25, 0.3) is 5.91 Å². The Balaban J connectivity index is 1.95. The summed E-state index contributed by atoms with van der Waals surface area (Å²) in [6.45, 7) is -1.14. The SMILES string of the molecule is Cc1cccc(NC(=O)CCc2ccc(OC(F)F)cc2)c1C(N)=O. The average Bonchev–Trinajstić information content (AvgIpc) is 2.53. The van der Waals surface area contributed by atoms with E-state index in [1.165, 1.54) is 12.1 Å². The number of hydrogen-bond acceptors (Lipinski definition) is 3. The maximum absolute atomic E-state index is 12.1. The Hall–Kier alpha value is -2.96. The molecular formula is C18H18F2N2O3. The summed E-state index contributed by atoms with van der Waals surface area (Å²) in [6, 6.07) is 11.1. The van der Waals surface area contributed by atoms with E-state index in [-0.39, 0.29) is 23.6 Å². The fourth-order valence-corrected chi connectivity index (χ4v) is 2.41. The highest BCUT2D eigenvalue weighted by atomic mass is 19.3. The van der Waals surface area contributed by atoms with Crippen LogP contribution in [0, 0.1) is 6.92 Å². The lowest BCUT2D eigenvalue weighted by Crippen LogP contribution is -2.19. The Morgan fingerprint density at radius 3 is 2.44 bits per heavy atom. The van der Waals surface area contributed by atoms with Gasteiger partial charge in [-0.15, -0.1) is 0 Å². The third kappa shape index (κ3) is 5.27. The van der Waals surface area contributed by atoms with E-state index >= 15 is 0 Å². The van der Waals surface area contributed by atoms with Gasteiger partial charge in [0.2, 0.25) is 5.91 Å². The number of primary amides is 1. The van der Waals surface area contributed by atoms with Gasteiger partial charge >= 0.3 is 6.61 Å². The van der Waals surface area contributed by atoms with Crippen LogP contribution in [0.1, 0.15) is 27.9 Å². The van der Waals surface area contributed by atoms with E-state index < -0.39 is 12.5 Å². The molecule has 3 N–H and O–H groups in total. The van der Waals surface area contributed by atoms with Crippen molar-refractivity contribution in [3.63, 3.8) is 0 Å². The van der Waals surface area contributed by atoms with Gasteiger partial charge in [-0.1, -0.05) is 24.3 Å². The fourth-order valence-electron chi connectivity index (χ4n) is 2.41. The number of benzene rings is 2. The number of ether oxygens (including phenoxy) is 1. The van der Waals surface area contributed by atoms with Gasteiger partial charge in [0.05, 0.1) is 11.3 Å². The van der Waals surface area contributed by atoms with Crippen LogP contribution >= 0.6 is 0 Å². The van der Waals surface area contributed by atoms with Gasteiger partial charge in [-0.3, -0.25) is 9.59 Å². The summed E-state index contributed by atoms with van der Waals surface area (Å²) in [6.07, 6.45) is 0.583. The van der Waals surface area contributed by atoms with Gasteiger partial charge in [-0.05, 0) is 42.7 Å². The molecule has 2 rings (SSSR count). The molecule has 0 aliphatic carbocycles. The Morgan fingerprint density at radius 2 is 1.84 bits per heavy atom. The van der Waals surface area contributed by atoms with Crippen molar-refractivity contribution >= 4 is 17.5 Å². The van der Waals surface area contributed by atoms with Crippen molar-refractivity contribution in [2.24, 2.45) is 5.73 Å². The van der Waals surface area contributed by atoms with E-state index in [4.69, 9.17) is 5.73 Å².